The molecule has 0 aliphatic heterocycles. The third-order valence-electron chi connectivity index (χ3n) is 0.288. The summed E-state index contributed by atoms with van der Waals surface area (Å²) in [6.07, 6.45) is 0. The summed E-state index contributed by atoms with van der Waals surface area (Å²) >= 11 is 0. The van der Waals surface area contributed by atoms with Crippen LogP contribution in [-0.4, -0.2) is 26.5 Å². The highest BCUT2D eigenvalue weighted by Crippen LogP contribution is 1.53. The number of hydrogen-bond donors (Lipinski definition) is 1. The summed E-state index contributed by atoms with van der Waals surface area (Å²) in [6.45, 7) is 0.417. The van der Waals surface area contributed by atoms with Crippen LogP contribution in [0.15, 0.2) is 0 Å². The molecular weight excluding hydrogens is 62.8 g/mol. The van der Waals surface area contributed by atoms with Gasteiger partial charge in [0.1, 0.15) is 0 Å². The molecule has 0 aliphatic carbocycles. The zero-order valence-electron chi connectivity index (χ0n) is 3.31. The summed E-state index contributed by atoms with van der Waals surface area (Å²) in [5, 5.41) is 0. The molecule has 0 saturated heterocycles. The summed E-state index contributed by atoms with van der Waals surface area (Å²) < 4.78 is 0. The summed E-state index contributed by atoms with van der Waals surface area (Å²) in [5.74, 6) is 0. The van der Waals surface area contributed by atoms with Crippen LogP contribution < -0.4 is 5.73 Å². The van der Waals surface area contributed by atoms with E-state index >= 15 is 0 Å². The van der Waals surface area contributed by atoms with Gasteiger partial charge in [-0.05, 0) is 0 Å². The quantitative estimate of drug-likeness (QED) is 0.314. The maximum absolute atomic E-state index is 5.00. The molecule has 0 heterocycles. The van der Waals surface area contributed by atoms with Gasteiger partial charge < -0.3 is 18.5 Å². The van der Waals surface area contributed by atoms with E-state index in [0.717, 1.165) is 0 Å². The van der Waals surface area contributed by atoms with E-state index in [9.17, 15) is 0 Å². The van der Waals surface area contributed by atoms with Gasteiger partial charge in [0.2, 0.25) is 0 Å². The van der Waals surface area contributed by atoms with Crippen molar-refractivity contribution in [2.24, 2.45) is 5.73 Å². The minimum atomic E-state index is 0.417. The van der Waals surface area contributed by atoms with Gasteiger partial charge >= 0.3 is 0 Å². The Labute approximate surface area is 33.4 Å². The molecule has 5 heavy (non-hydrogen) atoms. The minimum Gasteiger partial charge on any atom is -0.571 e. The molecule has 0 fully saturated rings. The van der Waals surface area contributed by atoms with Crippen molar-refractivity contribution in [3.63, 3.8) is 0 Å². The van der Waals surface area contributed by atoms with Crippen LogP contribution >= 0.6 is 0 Å². The van der Waals surface area contributed by atoms with Gasteiger partial charge in [-0.3, -0.25) is 0 Å². The Bertz CT molecular complexity index is 21.6. The van der Waals surface area contributed by atoms with Crippen molar-refractivity contribution >= 4 is 7.98 Å². The molecule has 0 bridgehead atoms. The van der Waals surface area contributed by atoms with Crippen molar-refractivity contribution < 1.29 is 0 Å². The van der Waals surface area contributed by atoms with Crippen LogP contribution in [0.25, 0.3) is 0 Å². The molecular formula is C2H7BN2-. The van der Waals surface area contributed by atoms with Crippen molar-refractivity contribution in [3.8, 4) is 0 Å². The fraction of sp³-hybridized carbons (Fsp3) is 1.00. The fourth-order valence-electron chi connectivity index (χ4n) is 0. The van der Waals surface area contributed by atoms with Crippen molar-refractivity contribution in [2.75, 3.05) is 13.7 Å². The van der Waals surface area contributed by atoms with Crippen molar-refractivity contribution in [3.05, 3.63) is 0 Å². The molecule has 2 nitrogen and oxygen atoms in total. The lowest BCUT2D eigenvalue weighted by molar-refractivity contribution is 0.565. The minimum absolute atomic E-state index is 0.417. The average molecular weight is 69.9 g/mol. The monoisotopic (exact) mass is 70.1 g/mol. The Morgan fingerprint density at radius 3 is 2.20 bits per heavy atom. The van der Waals surface area contributed by atoms with Gasteiger partial charge in [0.25, 0.3) is 0 Å². The summed E-state index contributed by atoms with van der Waals surface area (Å²) in [5.41, 5.74) is 4.97. The molecule has 0 rings (SSSR count). The normalized spacial score (nSPS) is 9.60. The Balaban J connectivity index is 2.54. The number of hydrogen-bond acceptors (Lipinski definition) is 2. The van der Waals surface area contributed by atoms with E-state index in [-0.39, 0.29) is 0 Å². The number of rotatable bonds is 1. The van der Waals surface area contributed by atoms with E-state index < -0.39 is 0 Å². The molecule has 0 spiro atoms. The molecule has 3 radical (unpaired) electrons. The lowest BCUT2D eigenvalue weighted by Gasteiger charge is -2.21. The Morgan fingerprint density at radius 1 is 2.00 bits per heavy atom. The van der Waals surface area contributed by atoms with Crippen LogP contribution in [0, 0.1) is 0 Å². The van der Waals surface area contributed by atoms with Crippen LogP contribution in [0.2, 0.25) is 0 Å². The lowest BCUT2D eigenvalue weighted by atomic mass is 10.4. The Morgan fingerprint density at radius 2 is 2.20 bits per heavy atom. The Hall–Kier alpha value is -0.0151. The van der Waals surface area contributed by atoms with Crippen LogP contribution in [0.1, 0.15) is 0 Å². The molecule has 3 heteroatoms. The topological polar surface area (TPSA) is 29.3 Å². The molecule has 29 valence electrons. The molecule has 0 aliphatic rings. The first-order valence-electron chi connectivity index (χ1n) is 1.43. The molecule has 0 unspecified atom stereocenters. The lowest BCUT2D eigenvalue weighted by Crippen LogP contribution is -2.21. The van der Waals surface area contributed by atoms with E-state index in [1.807, 2.05) is 0 Å². The van der Waals surface area contributed by atoms with Gasteiger partial charge in [-0.2, -0.15) is 0 Å². The summed E-state index contributed by atoms with van der Waals surface area (Å²) in [4.78, 5) is 1.40. The maximum Gasteiger partial charge on any atom is 0.00231 e. The van der Waals surface area contributed by atoms with Crippen molar-refractivity contribution in [1.82, 2.24) is 4.81 Å². The van der Waals surface area contributed by atoms with E-state index in [1.54, 1.807) is 7.05 Å². The second-order valence-corrected chi connectivity index (χ2v) is 0.940. The van der Waals surface area contributed by atoms with Gasteiger partial charge in [0.05, 0.1) is 0 Å². The number of nitrogens with two attached hydrogens (primary N) is 1. The van der Waals surface area contributed by atoms with Gasteiger partial charge in [0, 0.05) is 6.67 Å². The van der Waals surface area contributed by atoms with Gasteiger partial charge in [0.15, 0.2) is 0 Å². The smallest absolute Gasteiger partial charge is 0.00231 e. The van der Waals surface area contributed by atoms with E-state index in [1.165, 1.54) is 4.81 Å². The predicted molar refractivity (Wildman–Crippen MR) is 22.6 cm³/mol. The molecule has 0 atom stereocenters. The second kappa shape index (κ2) is 2.24. The van der Waals surface area contributed by atoms with E-state index in [2.05, 4.69) is 0 Å². The highest BCUT2D eigenvalue weighted by molar-refractivity contribution is 6.04. The highest BCUT2D eigenvalue weighted by atomic mass is 15.1. The fourth-order valence-corrected chi connectivity index (χ4v) is 0. The molecule has 0 aromatic rings. The average Bonchev–Trinajstić information content (AvgIpc) is 1.38. The third-order valence-corrected chi connectivity index (χ3v) is 0.288. The van der Waals surface area contributed by atoms with Crippen LogP contribution in [0.4, 0.5) is 0 Å². The second-order valence-electron chi connectivity index (χ2n) is 0.940. The molecule has 0 aromatic heterocycles. The SMILES string of the molecule is [B-]N(C)CN. The molecule has 0 amide bonds. The van der Waals surface area contributed by atoms with E-state index in [0.29, 0.717) is 6.67 Å². The standard InChI is InChI=1S/C2H7BN2/c1-5(3)2-4/h2,4H2,1H3/q-1. The predicted octanol–water partition coefficient (Wildman–Crippen LogP) is -1.08. The van der Waals surface area contributed by atoms with Gasteiger partial charge in [-0.25, -0.2) is 0 Å². The van der Waals surface area contributed by atoms with Crippen LogP contribution in [0.5, 0.6) is 0 Å². The maximum atomic E-state index is 5.00. The first-order chi connectivity index (χ1) is 2.27. The number of nitrogens with zero attached hydrogens (tertiary/aromatic N) is 1. The van der Waals surface area contributed by atoms with Gasteiger partial charge in [-0.1, -0.05) is 7.05 Å². The van der Waals surface area contributed by atoms with Gasteiger partial charge in [-0.15, -0.1) is 0 Å². The molecule has 0 aromatic carbocycles. The van der Waals surface area contributed by atoms with Crippen LogP contribution in [-0.2, 0) is 0 Å². The first-order valence-corrected chi connectivity index (χ1v) is 1.43. The summed E-state index contributed by atoms with van der Waals surface area (Å²) in [7, 11) is 6.71. The molecule has 0 saturated carbocycles. The van der Waals surface area contributed by atoms with Crippen molar-refractivity contribution in [2.45, 2.75) is 0 Å². The van der Waals surface area contributed by atoms with Crippen molar-refractivity contribution in [1.29, 1.82) is 0 Å². The highest BCUT2D eigenvalue weighted by Gasteiger charge is 1.54. The molecule has 2 N–H and O–H groups in total. The largest absolute Gasteiger partial charge is 0.571 e. The first kappa shape index (κ1) is 4.98. The third kappa shape index (κ3) is 3.98. The van der Waals surface area contributed by atoms with Crippen LogP contribution in [0.3, 0.4) is 0 Å². The van der Waals surface area contributed by atoms with E-state index in [4.69, 9.17) is 13.7 Å². The zero-order valence-corrected chi connectivity index (χ0v) is 3.31. The Kier molecular flexibility index (Phi) is 2.23. The zero-order chi connectivity index (χ0) is 4.28. The summed E-state index contributed by atoms with van der Waals surface area (Å²) in [6, 6.07) is 0.